The maximum atomic E-state index is 12.9. The van der Waals surface area contributed by atoms with Crippen LogP contribution in [-0.4, -0.2) is 27.3 Å². The standard InChI is InChI=1S/C25H26N4O2/c1-16(2)15-31-20-9-7-8-19(14-20)25(30)27-24-13-18(4)28-29(24)23-12-17(3)21-10-5-6-11-22(21)26-23/h5-14,16H,15H2,1-4H3,(H,27,30). The number of hydrogen-bond acceptors (Lipinski definition) is 4. The molecule has 6 heteroatoms. The van der Waals surface area contributed by atoms with Crippen LogP contribution in [0.1, 0.15) is 35.5 Å². The zero-order valence-corrected chi connectivity index (χ0v) is 18.2. The average molecular weight is 415 g/mol. The van der Waals surface area contributed by atoms with Crippen molar-refractivity contribution < 1.29 is 9.53 Å². The van der Waals surface area contributed by atoms with E-state index in [2.05, 4.69) is 24.3 Å². The fourth-order valence-corrected chi connectivity index (χ4v) is 3.38. The van der Waals surface area contributed by atoms with Gasteiger partial charge in [0, 0.05) is 17.0 Å². The van der Waals surface area contributed by atoms with E-state index in [0.29, 0.717) is 35.5 Å². The molecule has 31 heavy (non-hydrogen) atoms. The van der Waals surface area contributed by atoms with E-state index in [9.17, 15) is 4.79 Å². The summed E-state index contributed by atoms with van der Waals surface area (Å²) >= 11 is 0. The van der Waals surface area contributed by atoms with Crippen LogP contribution >= 0.6 is 0 Å². The summed E-state index contributed by atoms with van der Waals surface area (Å²) in [6.07, 6.45) is 0. The Labute approximate surface area is 181 Å². The number of amides is 1. The highest BCUT2D eigenvalue weighted by Crippen LogP contribution is 2.23. The van der Waals surface area contributed by atoms with Crippen LogP contribution in [-0.2, 0) is 0 Å². The molecule has 2 heterocycles. The first-order chi connectivity index (χ1) is 14.9. The largest absolute Gasteiger partial charge is 0.493 e. The van der Waals surface area contributed by atoms with Gasteiger partial charge in [-0.3, -0.25) is 4.79 Å². The summed E-state index contributed by atoms with van der Waals surface area (Å²) in [5.74, 6) is 2.09. The van der Waals surface area contributed by atoms with Crippen molar-refractivity contribution in [3.8, 4) is 11.6 Å². The first-order valence-corrected chi connectivity index (χ1v) is 10.4. The maximum absolute atomic E-state index is 12.9. The number of pyridine rings is 1. The number of benzene rings is 2. The molecule has 0 saturated carbocycles. The molecule has 0 fully saturated rings. The summed E-state index contributed by atoms with van der Waals surface area (Å²) in [6.45, 7) is 8.71. The number of rotatable bonds is 6. The van der Waals surface area contributed by atoms with E-state index in [-0.39, 0.29) is 5.91 Å². The Bertz CT molecular complexity index is 1240. The zero-order chi connectivity index (χ0) is 22.0. The van der Waals surface area contributed by atoms with Crippen molar-refractivity contribution in [2.24, 2.45) is 5.92 Å². The third kappa shape index (κ3) is 4.58. The smallest absolute Gasteiger partial charge is 0.256 e. The van der Waals surface area contributed by atoms with E-state index in [0.717, 1.165) is 22.2 Å². The number of aryl methyl sites for hydroxylation is 2. The number of carbonyl (C=O) groups excluding carboxylic acids is 1. The number of nitrogens with zero attached hydrogens (tertiary/aromatic N) is 3. The monoisotopic (exact) mass is 414 g/mol. The van der Waals surface area contributed by atoms with Crippen LogP contribution in [0.5, 0.6) is 5.75 Å². The molecule has 0 saturated heterocycles. The fourth-order valence-electron chi connectivity index (χ4n) is 3.38. The fraction of sp³-hybridized carbons (Fsp3) is 0.240. The Morgan fingerprint density at radius 2 is 1.87 bits per heavy atom. The van der Waals surface area contributed by atoms with Crippen molar-refractivity contribution in [1.82, 2.24) is 14.8 Å². The molecule has 6 nitrogen and oxygen atoms in total. The molecule has 4 rings (SSSR count). The average Bonchev–Trinajstić information content (AvgIpc) is 3.12. The molecule has 0 bridgehead atoms. The van der Waals surface area contributed by atoms with Gasteiger partial charge in [0.15, 0.2) is 5.82 Å². The zero-order valence-electron chi connectivity index (χ0n) is 18.2. The predicted octanol–water partition coefficient (Wildman–Crippen LogP) is 5.32. The van der Waals surface area contributed by atoms with E-state index in [1.54, 1.807) is 16.8 Å². The first kappa shape index (κ1) is 20.6. The van der Waals surface area contributed by atoms with Crippen molar-refractivity contribution in [2.45, 2.75) is 27.7 Å². The highest BCUT2D eigenvalue weighted by Gasteiger charge is 2.15. The Morgan fingerprint density at radius 1 is 1.06 bits per heavy atom. The molecule has 0 aliphatic carbocycles. The van der Waals surface area contributed by atoms with Crippen LogP contribution in [0.4, 0.5) is 5.82 Å². The predicted molar refractivity (Wildman–Crippen MR) is 123 cm³/mol. The molecule has 4 aromatic rings. The SMILES string of the molecule is Cc1cc(NC(=O)c2cccc(OCC(C)C)c2)n(-c2cc(C)c3ccccc3n2)n1. The minimum atomic E-state index is -0.228. The number of hydrogen-bond donors (Lipinski definition) is 1. The van der Waals surface area contributed by atoms with Gasteiger partial charge in [0.1, 0.15) is 11.6 Å². The van der Waals surface area contributed by atoms with E-state index in [1.807, 2.05) is 62.4 Å². The summed E-state index contributed by atoms with van der Waals surface area (Å²) in [5, 5.41) is 8.62. The molecular formula is C25H26N4O2. The second-order valence-electron chi connectivity index (χ2n) is 8.08. The van der Waals surface area contributed by atoms with E-state index < -0.39 is 0 Å². The first-order valence-electron chi connectivity index (χ1n) is 10.4. The highest BCUT2D eigenvalue weighted by molar-refractivity contribution is 6.04. The number of anilines is 1. The maximum Gasteiger partial charge on any atom is 0.256 e. The summed E-state index contributed by atoms with van der Waals surface area (Å²) in [6, 6.07) is 19.0. The van der Waals surface area contributed by atoms with Gasteiger partial charge < -0.3 is 10.1 Å². The molecular weight excluding hydrogens is 388 g/mol. The second kappa shape index (κ2) is 8.60. The van der Waals surface area contributed by atoms with E-state index in [1.165, 1.54) is 0 Å². The molecule has 158 valence electrons. The Hall–Kier alpha value is -3.67. The highest BCUT2D eigenvalue weighted by atomic mass is 16.5. The van der Waals surface area contributed by atoms with Gasteiger partial charge in [-0.15, -0.1) is 0 Å². The normalized spacial score (nSPS) is 11.1. The third-order valence-corrected chi connectivity index (χ3v) is 4.88. The number of aromatic nitrogens is 3. The van der Waals surface area contributed by atoms with Crippen molar-refractivity contribution in [3.05, 3.63) is 77.5 Å². The molecule has 0 spiro atoms. The van der Waals surface area contributed by atoms with Crippen LogP contribution in [0.15, 0.2) is 60.7 Å². The lowest BCUT2D eigenvalue weighted by Gasteiger charge is -2.12. The topological polar surface area (TPSA) is 69.0 Å². The molecule has 0 atom stereocenters. The number of nitrogens with one attached hydrogen (secondary N) is 1. The van der Waals surface area contributed by atoms with Crippen LogP contribution in [0.25, 0.3) is 16.7 Å². The molecule has 0 aliphatic heterocycles. The lowest BCUT2D eigenvalue weighted by Crippen LogP contribution is -2.16. The van der Waals surface area contributed by atoms with Gasteiger partial charge in [-0.05, 0) is 55.7 Å². The van der Waals surface area contributed by atoms with E-state index in [4.69, 9.17) is 9.72 Å². The lowest BCUT2D eigenvalue weighted by atomic mass is 10.1. The number of para-hydroxylation sites is 1. The van der Waals surface area contributed by atoms with Crippen molar-refractivity contribution in [1.29, 1.82) is 0 Å². The minimum Gasteiger partial charge on any atom is -0.493 e. The number of carbonyl (C=O) groups is 1. The van der Waals surface area contributed by atoms with Crippen LogP contribution in [0, 0.1) is 19.8 Å². The van der Waals surface area contributed by atoms with Crippen LogP contribution < -0.4 is 10.1 Å². The van der Waals surface area contributed by atoms with Crippen molar-refractivity contribution >= 4 is 22.6 Å². The molecule has 0 radical (unpaired) electrons. The minimum absolute atomic E-state index is 0.228. The molecule has 2 aromatic heterocycles. The molecule has 0 aliphatic rings. The quantitative estimate of drug-likeness (QED) is 0.463. The van der Waals surface area contributed by atoms with Crippen LogP contribution in [0.3, 0.4) is 0 Å². The second-order valence-corrected chi connectivity index (χ2v) is 8.08. The Morgan fingerprint density at radius 3 is 2.68 bits per heavy atom. The summed E-state index contributed by atoms with van der Waals surface area (Å²) in [5.41, 5.74) is 3.30. The summed E-state index contributed by atoms with van der Waals surface area (Å²) < 4.78 is 7.42. The van der Waals surface area contributed by atoms with Gasteiger partial charge >= 0.3 is 0 Å². The summed E-state index contributed by atoms with van der Waals surface area (Å²) in [4.78, 5) is 17.7. The third-order valence-electron chi connectivity index (χ3n) is 4.88. The molecule has 1 N–H and O–H groups in total. The Balaban J connectivity index is 1.63. The van der Waals surface area contributed by atoms with Crippen LogP contribution in [0.2, 0.25) is 0 Å². The van der Waals surface area contributed by atoms with Gasteiger partial charge in [-0.1, -0.05) is 38.1 Å². The Kier molecular flexibility index (Phi) is 5.71. The molecule has 0 unspecified atom stereocenters. The van der Waals surface area contributed by atoms with Gasteiger partial charge in [0.25, 0.3) is 5.91 Å². The van der Waals surface area contributed by atoms with E-state index >= 15 is 0 Å². The number of ether oxygens (including phenoxy) is 1. The summed E-state index contributed by atoms with van der Waals surface area (Å²) in [7, 11) is 0. The van der Waals surface area contributed by atoms with Crippen molar-refractivity contribution in [3.63, 3.8) is 0 Å². The lowest BCUT2D eigenvalue weighted by molar-refractivity contribution is 0.102. The van der Waals surface area contributed by atoms with Gasteiger partial charge in [0.2, 0.25) is 0 Å². The van der Waals surface area contributed by atoms with Gasteiger partial charge in [-0.25, -0.2) is 4.98 Å². The molecule has 2 aromatic carbocycles. The van der Waals surface area contributed by atoms with Gasteiger partial charge in [0.05, 0.1) is 17.8 Å². The van der Waals surface area contributed by atoms with Gasteiger partial charge in [-0.2, -0.15) is 9.78 Å². The van der Waals surface area contributed by atoms with Crippen molar-refractivity contribution in [2.75, 3.05) is 11.9 Å². The molecule has 1 amide bonds. The number of fused-ring (bicyclic) bond motifs is 1.